The Kier molecular flexibility index (Phi) is 6.42. The van der Waals surface area contributed by atoms with E-state index in [0.29, 0.717) is 18.2 Å². The second kappa shape index (κ2) is 9.40. The zero-order valence-corrected chi connectivity index (χ0v) is 19.0. The van der Waals surface area contributed by atoms with Crippen molar-refractivity contribution in [3.8, 4) is 11.6 Å². The van der Waals surface area contributed by atoms with Crippen LogP contribution in [0.25, 0.3) is 22.6 Å². The van der Waals surface area contributed by atoms with Gasteiger partial charge in [0.05, 0.1) is 35.6 Å². The van der Waals surface area contributed by atoms with Gasteiger partial charge in [-0.3, -0.25) is 4.79 Å². The highest BCUT2D eigenvalue weighted by Crippen LogP contribution is 2.30. The molecule has 0 radical (unpaired) electrons. The number of carbonyl (C=O) groups is 1. The summed E-state index contributed by atoms with van der Waals surface area (Å²) >= 11 is 0. The van der Waals surface area contributed by atoms with E-state index in [0.717, 1.165) is 34.3 Å². The van der Waals surface area contributed by atoms with E-state index in [1.54, 1.807) is 13.4 Å². The summed E-state index contributed by atoms with van der Waals surface area (Å²) in [7, 11) is 1.66. The summed E-state index contributed by atoms with van der Waals surface area (Å²) in [5.41, 5.74) is 4.90. The minimum atomic E-state index is -0.124. The Morgan fingerprint density at radius 2 is 1.97 bits per heavy atom. The van der Waals surface area contributed by atoms with Crippen molar-refractivity contribution in [2.24, 2.45) is 0 Å². The number of rotatable bonds is 8. The molecule has 0 aliphatic carbocycles. The summed E-state index contributed by atoms with van der Waals surface area (Å²) in [6.45, 7) is 6.77. The molecule has 0 fully saturated rings. The molecule has 32 heavy (non-hydrogen) atoms. The van der Waals surface area contributed by atoms with Gasteiger partial charge in [0.1, 0.15) is 6.54 Å². The Labute approximate surface area is 188 Å². The molecule has 6 nitrogen and oxygen atoms in total. The number of fused-ring (bicyclic) bond motifs is 1. The highest BCUT2D eigenvalue weighted by molar-refractivity contribution is 5.96. The quantitative estimate of drug-likeness (QED) is 0.383. The van der Waals surface area contributed by atoms with Crippen molar-refractivity contribution in [3.63, 3.8) is 0 Å². The lowest BCUT2D eigenvalue weighted by Gasteiger charge is -2.32. The second-order valence-corrected chi connectivity index (χ2v) is 7.99. The highest BCUT2D eigenvalue weighted by atomic mass is 16.5. The SMILES string of the molecule is CCc1cccc(C)c1N(C(=O)Cn1c(-c2ccco2)nc2ccccc21)[C@@H](C)COC. The van der Waals surface area contributed by atoms with Crippen LogP contribution in [0, 0.1) is 6.92 Å². The number of nitrogens with zero attached hydrogens (tertiary/aromatic N) is 3. The van der Waals surface area contributed by atoms with Crippen LogP contribution in [-0.2, 0) is 22.5 Å². The van der Waals surface area contributed by atoms with E-state index in [-0.39, 0.29) is 18.5 Å². The maximum atomic E-state index is 13.9. The van der Waals surface area contributed by atoms with Crippen LogP contribution in [0.2, 0.25) is 0 Å². The third-order valence-corrected chi connectivity index (χ3v) is 5.75. The number of benzene rings is 2. The van der Waals surface area contributed by atoms with Gasteiger partial charge in [0.15, 0.2) is 11.6 Å². The maximum Gasteiger partial charge on any atom is 0.247 e. The number of hydrogen-bond donors (Lipinski definition) is 0. The molecular formula is C26H29N3O3. The van der Waals surface area contributed by atoms with Gasteiger partial charge in [-0.15, -0.1) is 0 Å². The van der Waals surface area contributed by atoms with Gasteiger partial charge in [-0.2, -0.15) is 0 Å². The molecule has 2 heterocycles. The molecule has 0 bridgehead atoms. The number of hydrogen-bond acceptors (Lipinski definition) is 4. The van der Waals surface area contributed by atoms with Crippen LogP contribution in [-0.4, -0.2) is 35.2 Å². The zero-order valence-electron chi connectivity index (χ0n) is 19.0. The lowest BCUT2D eigenvalue weighted by Crippen LogP contribution is -2.44. The molecule has 166 valence electrons. The first-order valence-electron chi connectivity index (χ1n) is 10.9. The first-order valence-corrected chi connectivity index (χ1v) is 10.9. The number of aromatic nitrogens is 2. The minimum absolute atomic E-state index is 0.0190. The predicted octanol–water partition coefficient (Wildman–Crippen LogP) is 5.24. The average molecular weight is 432 g/mol. The molecule has 1 amide bonds. The van der Waals surface area contributed by atoms with Gasteiger partial charge in [-0.25, -0.2) is 4.98 Å². The number of aryl methyl sites for hydroxylation is 2. The Bertz CT molecular complexity index is 1210. The molecule has 2 aromatic carbocycles. The third-order valence-electron chi connectivity index (χ3n) is 5.75. The summed E-state index contributed by atoms with van der Waals surface area (Å²) in [4.78, 5) is 20.5. The van der Waals surface area contributed by atoms with E-state index >= 15 is 0 Å². The molecule has 4 rings (SSSR count). The fraction of sp³-hybridized carbons (Fsp3) is 0.308. The van der Waals surface area contributed by atoms with Gasteiger partial charge in [0.2, 0.25) is 5.91 Å². The van der Waals surface area contributed by atoms with Crippen molar-refractivity contribution < 1.29 is 13.9 Å². The lowest BCUT2D eigenvalue weighted by atomic mass is 10.0. The standard InChI is InChI=1S/C26H29N3O3/c1-5-20-11-8-10-18(2)25(20)29(19(3)17-31-4)24(30)16-28-22-13-7-6-12-21(22)27-26(28)23-14-9-15-32-23/h6-15,19H,5,16-17H2,1-4H3/t19-/m0/s1. The first-order chi connectivity index (χ1) is 15.5. The van der Waals surface area contributed by atoms with E-state index in [9.17, 15) is 4.79 Å². The highest BCUT2D eigenvalue weighted by Gasteiger charge is 2.27. The number of ether oxygens (including phenoxy) is 1. The van der Waals surface area contributed by atoms with Gasteiger partial charge in [0, 0.05) is 7.11 Å². The van der Waals surface area contributed by atoms with Crippen LogP contribution in [0.1, 0.15) is 25.0 Å². The fourth-order valence-electron chi connectivity index (χ4n) is 4.30. The average Bonchev–Trinajstić information content (AvgIpc) is 3.44. The van der Waals surface area contributed by atoms with Crippen LogP contribution in [0.5, 0.6) is 0 Å². The van der Waals surface area contributed by atoms with Crippen molar-refractivity contribution in [1.82, 2.24) is 9.55 Å². The van der Waals surface area contributed by atoms with Gasteiger partial charge in [-0.05, 0) is 55.7 Å². The first kappa shape index (κ1) is 21.8. The summed E-state index contributed by atoms with van der Waals surface area (Å²) in [5.74, 6) is 1.26. The largest absolute Gasteiger partial charge is 0.461 e. The fourth-order valence-corrected chi connectivity index (χ4v) is 4.30. The molecule has 2 aromatic heterocycles. The topological polar surface area (TPSA) is 60.5 Å². The number of methoxy groups -OCH3 is 1. The van der Waals surface area contributed by atoms with E-state index in [1.165, 1.54) is 0 Å². The number of imidazole rings is 1. The number of anilines is 1. The normalized spacial score (nSPS) is 12.2. The Morgan fingerprint density at radius 1 is 1.16 bits per heavy atom. The van der Waals surface area contributed by atoms with Crippen LogP contribution in [0.4, 0.5) is 5.69 Å². The summed E-state index contributed by atoms with van der Waals surface area (Å²) in [6.07, 6.45) is 2.46. The van der Waals surface area contributed by atoms with Crippen LogP contribution >= 0.6 is 0 Å². The Morgan fingerprint density at radius 3 is 2.69 bits per heavy atom. The molecule has 0 aliphatic rings. The number of amides is 1. The number of furan rings is 1. The zero-order chi connectivity index (χ0) is 22.7. The molecule has 1 atom stereocenters. The third kappa shape index (κ3) is 4.06. The van der Waals surface area contributed by atoms with Crippen LogP contribution < -0.4 is 4.90 Å². The second-order valence-electron chi connectivity index (χ2n) is 7.99. The molecule has 6 heteroatoms. The van der Waals surface area contributed by atoms with Crippen LogP contribution in [0.3, 0.4) is 0 Å². The summed E-state index contributed by atoms with van der Waals surface area (Å²) in [6, 6.07) is 17.6. The molecule has 0 N–H and O–H groups in total. The Hall–Kier alpha value is -3.38. The van der Waals surface area contributed by atoms with E-state index in [4.69, 9.17) is 14.1 Å². The van der Waals surface area contributed by atoms with Crippen molar-refractivity contribution in [1.29, 1.82) is 0 Å². The molecular weight excluding hydrogens is 402 g/mol. The van der Waals surface area contributed by atoms with Gasteiger partial charge in [0.25, 0.3) is 0 Å². The smallest absolute Gasteiger partial charge is 0.247 e. The molecule has 4 aromatic rings. The van der Waals surface area contributed by atoms with Crippen molar-refractivity contribution in [2.75, 3.05) is 18.6 Å². The molecule has 0 saturated carbocycles. The predicted molar refractivity (Wildman–Crippen MR) is 127 cm³/mol. The van der Waals surface area contributed by atoms with Crippen molar-refractivity contribution in [3.05, 3.63) is 72.0 Å². The van der Waals surface area contributed by atoms with Gasteiger partial charge >= 0.3 is 0 Å². The Balaban J connectivity index is 1.80. The van der Waals surface area contributed by atoms with Crippen molar-refractivity contribution in [2.45, 2.75) is 39.8 Å². The summed E-state index contributed by atoms with van der Waals surface area (Å²) in [5, 5.41) is 0. The molecule has 0 spiro atoms. The lowest BCUT2D eigenvalue weighted by molar-refractivity contribution is -0.119. The van der Waals surface area contributed by atoms with Crippen molar-refractivity contribution >= 4 is 22.6 Å². The van der Waals surface area contributed by atoms with Gasteiger partial charge < -0.3 is 18.6 Å². The monoisotopic (exact) mass is 431 g/mol. The molecule has 0 aliphatic heterocycles. The van der Waals surface area contributed by atoms with Crippen LogP contribution in [0.15, 0.2) is 65.3 Å². The van der Waals surface area contributed by atoms with E-state index < -0.39 is 0 Å². The maximum absolute atomic E-state index is 13.9. The van der Waals surface area contributed by atoms with E-state index in [2.05, 4.69) is 26.0 Å². The molecule has 0 saturated heterocycles. The van der Waals surface area contributed by atoms with E-state index in [1.807, 2.05) is 58.9 Å². The number of carbonyl (C=O) groups excluding carboxylic acids is 1. The minimum Gasteiger partial charge on any atom is -0.461 e. The number of para-hydroxylation sites is 3. The van der Waals surface area contributed by atoms with Gasteiger partial charge in [-0.1, -0.05) is 37.3 Å². The summed E-state index contributed by atoms with van der Waals surface area (Å²) < 4.78 is 13.0. The molecule has 0 unspecified atom stereocenters.